The van der Waals surface area contributed by atoms with Gasteiger partial charge in [0.05, 0.1) is 22.7 Å². The maximum Gasteiger partial charge on any atom is 0.0694 e. The van der Waals surface area contributed by atoms with E-state index in [1.165, 1.54) is 22.7 Å². The highest BCUT2D eigenvalue weighted by molar-refractivity contribution is 14.1. The van der Waals surface area contributed by atoms with Crippen LogP contribution in [0.2, 0.25) is 0 Å². The Kier molecular flexibility index (Phi) is 2.99. The number of anilines is 4. The monoisotopic (exact) mass is 348 g/mol. The molecular formula is C15H13IN2. The predicted octanol–water partition coefficient (Wildman–Crippen LogP) is 4.81. The number of hydrogen-bond acceptors (Lipinski definition) is 2. The summed E-state index contributed by atoms with van der Waals surface area (Å²) in [6, 6.07) is 16.9. The van der Waals surface area contributed by atoms with Gasteiger partial charge in [-0.1, -0.05) is 46.9 Å². The molecule has 1 aliphatic rings. The summed E-state index contributed by atoms with van der Waals surface area (Å²) in [5, 5.41) is 0. The molecule has 0 atom stereocenters. The highest BCUT2D eigenvalue weighted by Gasteiger charge is 2.23. The molecule has 2 aromatic rings. The van der Waals surface area contributed by atoms with Crippen molar-refractivity contribution < 1.29 is 0 Å². The van der Waals surface area contributed by atoms with Crippen molar-refractivity contribution in [3.63, 3.8) is 0 Å². The van der Waals surface area contributed by atoms with Gasteiger partial charge in [-0.2, -0.15) is 0 Å². The largest absolute Gasteiger partial charge is 0.341 e. The van der Waals surface area contributed by atoms with Crippen molar-refractivity contribution in [2.45, 2.75) is 0 Å². The van der Waals surface area contributed by atoms with Gasteiger partial charge in [-0.05, 0) is 28.3 Å². The van der Waals surface area contributed by atoms with Crippen LogP contribution in [-0.4, -0.2) is 7.05 Å². The Morgan fingerprint density at radius 3 is 1.72 bits per heavy atom. The van der Waals surface area contributed by atoms with Gasteiger partial charge in [0.25, 0.3) is 0 Å². The normalized spacial score (nSPS) is 13.7. The average Bonchev–Trinajstić information content (AvgIpc) is 2.43. The summed E-state index contributed by atoms with van der Waals surface area (Å²) in [5.74, 6) is 0. The molecule has 0 N–H and O–H groups in total. The van der Waals surface area contributed by atoms with Gasteiger partial charge in [0.2, 0.25) is 0 Å². The van der Waals surface area contributed by atoms with Crippen molar-refractivity contribution in [2.75, 3.05) is 16.8 Å². The Balaban J connectivity index is 2.26. The highest BCUT2D eigenvalue weighted by atomic mass is 127. The lowest BCUT2D eigenvalue weighted by molar-refractivity contribution is 1.13. The SMILES string of the molecule is CN1c2ccccc2N(C=CI)c2ccccc21. The highest BCUT2D eigenvalue weighted by Crippen LogP contribution is 2.46. The van der Waals surface area contributed by atoms with Crippen LogP contribution >= 0.6 is 22.6 Å². The van der Waals surface area contributed by atoms with Crippen LogP contribution in [-0.2, 0) is 0 Å². The first-order valence-corrected chi connectivity index (χ1v) is 7.05. The molecule has 90 valence electrons. The van der Waals surface area contributed by atoms with Crippen molar-refractivity contribution >= 4 is 45.3 Å². The molecule has 0 aromatic heterocycles. The molecule has 0 saturated heterocycles. The first kappa shape index (κ1) is 11.6. The third-order valence-electron chi connectivity index (χ3n) is 3.21. The first-order valence-electron chi connectivity index (χ1n) is 5.81. The number of rotatable bonds is 1. The van der Waals surface area contributed by atoms with Crippen molar-refractivity contribution in [3.05, 3.63) is 58.8 Å². The fraction of sp³-hybridized carbons (Fsp3) is 0.0667. The third-order valence-corrected chi connectivity index (χ3v) is 3.53. The second-order valence-corrected chi connectivity index (χ2v) is 4.90. The van der Waals surface area contributed by atoms with E-state index in [9.17, 15) is 0 Å². The Labute approximate surface area is 121 Å². The topological polar surface area (TPSA) is 6.48 Å². The zero-order valence-electron chi connectivity index (χ0n) is 10.0. The number of fused-ring (bicyclic) bond motifs is 2. The van der Waals surface area contributed by atoms with E-state index in [1.54, 1.807) is 0 Å². The molecule has 0 amide bonds. The van der Waals surface area contributed by atoms with E-state index >= 15 is 0 Å². The van der Waals surface area contributed by atoms with E-state index < -0.39 is 0 Å². The molecule has 3 rings (SSSR count). The van der Waals surface area contributed by atoms with Crippen LogP contribution in [0.25, 0.3) is 0 Å². The molecule has 0 bridgehead atoms. The Bertz CT molecular complexity index is 559. The quantitative estimate of drug-likeness (QED) is 0.683. The summed E-state index contributed by atoms with van der Waals surface area (Å²) in [7, 11) is 2.11. The van der Waals surface area contributed by atoms with Gasteiger partial charge >= 0.3 is 0 Å². The molecule has 2 aromatic carbocycles. The van der Waals surface area contributed by atoms with Gasteiger partial charge in [-0.3, -0.25) is 0 Å². The van der Waals surface area contributed by atoms with Gasteiger partial charge in [-0.15, -0.1) is 0 Å². The van der Waals surface area contributed by atoms with Crippen LogP contribution in [0.15, 0.2) is 58.8 Å². The Hall–Kier alpha value is -1.49. The molecule has 18 heavy (non-hydrogen) atoms. The lowest BCUT2D eigenvalue weighted by Crippen LogP contribution is -2.23. The van der Waals surface area contributed by atoms with E-state index in [1.807, 2.05) is 4.08 Å². The second kappa shape index (κ2) is 4.65. The number of benzene rings is 2. The van der Waals surface area contributed by atoms with Crippen LogP contribution in [0.3, 0.4) is 0 Å². The lowest BCUT2D eigenvalue weighted by atomic mass is 10.1. The van der Waals surface area contributed by atoms with Crippen molar-refractivity contribution in [1.82, 2.24) is 0 Å². The fourth-order valence-corrected chi connectivity index (χ4v) is 2.70. The molecule has 0 unspecified atom stereocenters. The number of nitrogens with zero attached hydrogens (tertiary/aromatic N) is 2. The van der Waals surface area contributed by atoms with E-state index in [4.69, 9.17) is 0 Å². The molecule has 0 saturated carbocycles. The minimum atomic E-state index is 1.21. The summed E-state index contributed by atoms with van der Waals surface area (Å²) >= 11 is 2.26. The van der Waals surface area contributed by atoms with Gasteiger partial charge in [0.15, 0.2) is 0 Å². The van der Waals surface area contributed by atoms with E-state index in [0.717, 1.165) is 0 Å². The predicted molar refractivity (Wildman–Crippen MR) is 86.2 cm³/mol. The molecule has 3 heteroatoms. The molecule has 1 heterocycles. The molecule has 0 radical (unpaired) electrons. The first-order chi connectivity index (χ1) is 8.83. The minimum absolute atomic E-state index is 1.21. The number of halogens is 1. The second-order valence-electron chi connectivity index (χ2n) is 4.18. The van der Waals surface area contributed by atoms with Crippen molar-refractivity contribution in [1.29, 1.82) is 0 Å². The van der Waals surface area contributed by atoms with Crippen LogP contribution in [0.1, 0.15) is 0 Å². The Morgan fingerprint density at radius 2 is 1.28 bits per heavy atom. The molecule has 0 aliphatic carbocycles. The summed E-state index contributed by atoms with van der Waals surface area (Å²) in [4.78, 5) is 4.47. The van der Waals surface area contributed by atoms with E-state index in [2.05, 4.69) is 94.2 Å². The summed E-state index contributed by atoms with van der Waals surface area (Å²) in [6.07, 6.45) is 2.10. The van der Waals surface area contributed by atoms with E-state index in [-0.39, 0.29) is 0 Å². The average molecular weight is 348 g/mol. The minimum Gasteiger partial charge on any atom is -0.341 e. The van der Waals surface area contributed by atoms with Crippen LogP contribution in [0.4, 0.5) is 22.7 Å². The molecule has 0 fully saturated rings. The smallest absolute Gasteiger partial charge is 0.0694 e. The van der Waals surface area contributed by atoms with Gasteiger partial charge in [0.1, 0.15) is 0 Å². The zero-order valence-corrected chi connectivity index (χ0v) is 12.2. The molecular weight excluding hydrogens is 335 g/mol. The number of hydrogen-bond donors (Lipinski definition) is 0. The van der Waals surface area contributed by atoms with Crippen LogP contribution in [0, 0.1) is 0 Å². The van der Waals surface area contributed by atoms with Crippen LogP contribution in [0.5, 0.6) is 0 Å². The molecule has 2 nitrogen and oxygen atoms in total. The van der Waals surface area contributed by atoms with E-state index in [0.29, 0.717) is 0 Å². The maximum absolute atomic E-state index is 2.26. The van der Waals surface area contributed by atoms with Gasteiger partial charge in [0, 0.05) is 13.2 Å². The fourth-order valence-electron chi connectivity index (χ4n) is 2.38. The standard InChI is InChI=1S/C15H13IN2/c1-17-12-6-2-4-8-14(12)18(11-10-16)15-9-5-3-7-13(15)17/h2-11H,1H3. The summed E-state index contributed by atoms with van der Waals surface area (Å²) in [6.45, 7) is 0. The molecule has 0 spiro atoms. The van der Waals surface area contributed by atoms with Crippen molar-refractivity contribution in [2.24, 2.45) is 0 Å². The van der Waals surface area contributed by atoms with Crippen LogP contribution < -0.4 is 9.80 Å². The third kappa shape index (κ3) is 1.70. The van der Waals surface area contributed by atoms with Gasteiger partial charge < -0.3 is 9.80 Å². The van der Waals surface area contributed by atoms with Crippen molar-refractivity contribution in [3.8, 4) is 0 Å². The van der Waals surface area contributed by atoms with Gasteiger partial charge in [-0.25, -0.2) is 0 Å². The molecule has 1 aliphatic heterocycles. The lowest BCUT2D eigenvalue weighted by Gasteiger charge is -2.36. The maximum atomic E-state index is 2.26. The Morgan fingerprint density at radius 1 is 0.833 bits per heavy atom. The summed E-state index contributed by atoms with van der Waals surface area (Å²) in [5.41, 5.74) is 4.88. The summed E-state index contributed by atoms with van der Waals surface area (Å²) < 4.78 is 2.04. The zero-order chi connectivity index (χ0) is 12.5. The number of para-hydroxylation sites is 4.